The lowest BCUT2D eigenvalue weighted by atomic mass is 9.96. The molecule has 0 saturated heterocycles. The summed E-state index contributed by atoms with van der Waals surface area (Å²) in [6, 6.07) is 27.8. The largest absolute Gasteiger partial charge is 0.396 e. The molecule has 156 valence electrons. The van der Waals surface area contributed by atoms with E-state index in [1.807, 2.05) is 48.5 Å². The number of carbonyl (C=O) groups excluding carboxylic acids is 1. The second-order valence-corrected chi connectivity index (χ2v) is 7.52. The molecule has 0 unspecified atom stereocenters. The molecule has 3 aromatic rings. The van der Waals surface area contributed by atoms with Gasteiger partial charge in [0.25, 0.3) is 0 Å². The second-order valence-electron chi connectivity index (χ2n) is 7.12. The maximum Gasteiger partial charge on any atom is 0.225 e. The number of nitrogens with zero attached hydrogens (tertiary/aromatic N) is 1. The SMILES string of the molecule is O=C(CCN(CCCO)C(c1ccccc1)c1ccccc1)Nc1ccccc1Cl. The number of halogens is 1. The minimum Gasteiger partial charge on any atom is -0.396 e. The predicted octanol–water partition coefficient (Wildman–Crippen LogP) is 5.14. The number of aliphatic hydroxyl groups excluding tert-OH is 1. The van der Waals surface area contributed by atoms with Gasteiger partial charge in [-0.2, -0.15) is 0 Å². The van der Waals surface area contributed by atoms with Crippen molar-refractivity contribution in [3.05, 3.63) is 101 Å². The third-order valence-corrected chi connectivity index (χ3v) is 5.30. The van der Waals surface area contributed by atoms with E-state index in [-0.39, 0.29) is 18.6 Å². The van der Waals surface area contributed by atoms with Crippen molar-refractivity contribution < 1.29 is 9.90 Å². The van der Waals surface area contributed by atoms with Crippen molar-refractivity contribution in [1.82, 2.24) is 4.90 Å². The quantitative estimate of drug-likeness (QED) is 0.475. The van der Waals surface area contributed by atoms with Gasteiger partial charge in [0, 0.05) is 26.1 Å². The van der Waals surface area contributed by atoms with Crippen molar-refractivity contribution in [3.8, 4) is 0 Å². The lowest BCUT2D eigenvalue weighted by Crippen LogP contribution is -2.34. The molecule has 4 nitrogen and oxygen atoms in total. The number of hydrogen-bond acceptors (Lipinski definition) is 3. The van der Waals surface area contributed by atoms with E-state index in [9.17, 15) is 9.90 Å². The highest BCUT2D eigenvalue weighted by atomic mass is 35.5. The summed E-state index contributed by atoms with van der Waals surface area (Å²) in [4.78, 5) is 14.8. The van der Waals surface area contributed by atoms with Gasteiger partial charge < -0.3 is 10.4 Å². The van der Waals surface area contributed by atoms with Gasteiger partial charge >= 0.3 is 0 Å². The molecule has 0 atom stereocenters. The molecule has 0 bridgehead atoms. The molecule has 3 aromatic carbocycles. The first-order chi connectivity index (χ1) is 14.7. The standard InChI is InChI=1S/C25H27ClN2O2/c26-22-14-7-8-15-23(22)27-24(30)16-18-28(17-9-19-29)25(20-10-3-1-4-11-20)21-12-5-2-6-13-21/h1-8,10-15,25,29H,9,16-19H2,(H,27,30). The molecule has 2 N–H and O–H groups in total. The summed E-state index contributed by atoms with van der Waals surface area (Å²) in [5.74, 6) is -0.0861. The van der Waals surface area contributed by atoms with Gasteiger partial charge in [0.2, 0.25) is 5.91 Å². The molecule has 0 aliphatic carbocycles. The van der Waals surface area contributed by atoms with Crippen LogP contribution in [0, 0.1) is 0 Å². The number of para-hydroxylation sites is 1. The highest BCUT2D eigenvalue weighted by Crippen LogP contribution is 2.29. The summed E-state index contributed by atoms with van der Waals surface area (Å²) < 4.78 is 0. The van der Waals surface area contributed by atoms with Gasteiger partial charge in [-0.1, -0.05) is 84.4 Å². The van der Waals surface area contributed by atoms with Crippen LogP contribution in [0.5, 0.6) is 0 Å². The molecule has 5 heteroatoms. The number of nitrogens with one attached hydrogen (secondary N) is 1. The summed E-state index contributed by atoms with van der Waals surface area (Å²) in [6.45, 7) is 1.35. The minimum atomic E-state index is -0.0861. The monoisotopic (exact) mass is 422 g/mol. The van der Waals surface area contributed by atoms with E-state index >= 15 is 0 Å². The van der Waals surface area contributed by atoms with Crippen molar-refractivity contribution in [2.75, 3.05) is 25.0 Å². The van der Waals surface area contributed by atoms with E-state index in [0.717, 1.165) is 11.1 Å². The molecule has 0 aromatic heterocycles. The molecule has 0 radical (unpaired) electrons. The number of benzene rings is 3. The molecule has 1 amide bonds. The predicted molar refractivity (Wildman–Crippen MR) is 123 cm³/mol. The maximum atomic E-state index is 12.6. The summed E-state index contributed by atoms with van der Waals surface area (Å²) in [6.07, 6.45) is 0.967. The van der Waals surface area contributed by atoms with Crippen LogP contribution in [0.15, 0.2) is 84.9 Å². The minimum absolute atomic E-state index is 0.00654. The zero-order valence-electron chi connectivity index (χ0n) is 16.9. The molecule has 3 rings (SSSR count). The summed E-state index contributed by atoms with van der Waals surface area (Å²) >= 11 is 6.16. The molecule has 0 spiro atoms. The fourth-order valence-corrected chi connectivity index (χ4v) is 3.73. The van der Waals surface area contributed by atoms with Gasteiger partial charge in [0.1, 0.15) is 0 Å². The van der Waals surface area contributed by atoms with Crippen LogP contribution in [-0.4, -0.2) is 35.6 Å². The van der Waals surface area contributed by atoms with Gasteiger partial charge in [-0.05, 0) is 29.7 Å². The lowest BCUT2D eigenvalue weighted by molar-refractivity contribution is -0.116. The van der Waals surface area contributed by atoms with Crippen molar-refractivity contribution in [2.24, 2.45) is 0 Å². The average molecular weight is 423 g/mol. The second kappa shape index (κ2) is 11.5. The number of rotatable bonds is 10. The van der Waals surface area contributed by atoms with Gasteiger partial charge in [0.15, 0.2) is 0 Å². The molecule has 30 heavy (non-hydrogen) atoms. The van der Waals surface area contributed by atoms with Crippen LogP contribution < -0.4 is 5.32 Å². The van der Waals surface area contributed by atoms with Crippen LogP contribution in [0.2, 0.25) is 5.02 Å². The van der Waals surface area contributed by atoms with E-state index in [4.69, 9.17) is 11.6 Å². The van der Waals surface area contributed by atoms with Gasteiger partial charge in [-0.15, -0.1) is 0 Å². The van der Waals surface area contributed by atoms with Crippen molar-refractivity contribution >= 4 is 23.2 Å². The van der Waals surface area contributed by atoms with E-state index in [2.05, 4.69) is 34.5 Å². The Morgan fingerprint density at radius 3 is 2.00 bits per heavy atom. The lowest BCUT2D eigenvalue weighted by Gasteiger charge is -2.32. The van der Waals surface area contributed by atoms with Crippen LogP contribution >= 0.6 is 11.6 Å². The highest BCUT2D eigenvalue weighted by Gasteiger charge is 2.22. The Kier molecular flexibility index (Phi) is 8.45. The number of carbonyl (C=O) groups is 1. The Morgan fingerprint density at radius 1 is 0.867 bits per heavy atom. The summed E-state index contributed by atoms with van der Waals surface area (Å²) in [5.41, 5.74) is 2.94. The van der Waals surface area contributed by atoms with E-state index in [0.29, 0.717) is 36.6 Å². The van der Waals surface area contributed by atoms with Crippen LogP contribution in [0.1, 0.15) is 30.0 Å². The van der Waals surface area contributed by atoms with Gasteiger partial charge in [-0.3, -0.25) is 9.69 Å². The fourth-order valence-electron chi connectivity index (χ4n) is 3.55. The number of amides is 1. The first-order valence-electron chi connectivity index (χ1n) is 10.2. The smallest absolute Gasteiger partial charge is 0.225 e. The first kappa shape index (κ1) is 22.0. The summed E-state index contributed by atoms with van der Waals surface area (Å²) in [7, 11) is 0. The Labute approximate surface area is 183 Å². The molecule has 0 aliphatic rings. The van der Waals surface area contributed by atoms with Crippen LogP contribution in [0.25, 0.3) is 0 Å². The highest BCUT2D eigenvalue weighted by molar-refractivity contribution is 6.33. The third kappa shape index (κ3) is 6.17. The third-order valence-electron chi connectivity index (χ3n) is 4.97. The van der Waals surface area contributed by atoms with Crippen molar-refractivity contribution in [2.45, 2.75) is 18.9 Å². The average Bonchev–Trinajstić information content (AvgIpc) is 2.78. The maximum absolute atomic E-state index is 12.6. The molecule has 0 heterocycles. The molecular formula is C25H27ClN2O2. The van der Waals surface area contributed by atoms with Crippen LogP contribution in [0.4, 0.5) is 5.69 Å². The van der Waals surface area contributed by atoms with E-state index in [1.54, 1.807) is 12.1 Å². The number of hydrogen-bond donors (Lipinski definition) is 2. The normalized spacial score (nSPS) is 11.1. The molecule has 0 aliphatic heterocycles. The Morgan fingerprint density at radius 2 is 1.43 bits per heavy atom. The zero-order chi connectivity index (χ0) is 21.2. The summed E-state index contributed by atoms with van der Waals surface area (Å²) in [5, 5.41) is 12.8. The van der Waals surface area contributed by atoms with Crippen molar-refractivity contribution in [1.29, 1.82) is 0 Å². The van der Waals surface area contributed by atoms with Gasteiger partial charge in [-0.25, -0.2) is 0 Å². The molecular weight excluding hydrogens is 396 g/mol. The Hall–Kier alpha value is -2.66. The Bertz CT molecular complexity index is 879. The van der Waals surface area contributed by atoms with Crippen LogP contribution in [-0.2, 0) is 4.79 Å². The number of aliphatic hydroxyl groups is 1. The molecule has 0 fully saturated rings. The van der Waals surface area contributed by atoms with E-state index in [1.165, 1.54) is 0 Å². The fraction of sp³-hybridized carbons (Fsp3) is 0.240. The first-order valence-corrected chi connectivity index (χ1v) is 10.6. The van der Waals surface area contributed by atoms with E-state index < -0.39 is 0 Å². The zero-order valence-corrected chi connectivity index (χ0v) is 17.6. The van der Waals surface area contributed by atoms with Gasteiger partial charge in [0.05, 0.1) is 16.8 Å². The Balaban J connectivity index is 1.78. The topological polar surface area (TPSA) is 52.6 Å². The molecule has 0 saturated carbocycles. The number of anilines is 1. The van der Waals surface area contributed by atoms with Crippen LogP contribution in [0.3, 0.4) is 0 Å². The van der Waals surface area contributed by atoms with Crippen molar-refractivity contribution in [3.63, 3.8) is 0 Å².